The second-order valence-corrected chi connectivity index (χ2v) is 3.81. The van der Waals surface area contributed by atoms with E-state index in [1.165, 1.54) is 12.5 Å². The predicted molar refractivity (Wildman–Crippen MR) is 56.8 cm³/mol. The van der Waals surface area contributed by atoms with E-state index >= 15 is 0 Å². The topological polar surface area (TPSA) is 24.9 Å². The number of anilines is 1. The standard InChI is InChI=1S/C11H17FN2/c1-9(2)5-4-8-13-11-7-3-6-10(12)14-11/h3,6-7,9H,4-5,8H2,1-2H3,(H,13,14). The van der Waals surface area contributed by atoms with Crippen molar-refractivity contribution in [2.24, 2.45) is 5.92 Å². The third kappa shape index (κ3) is 4.21. The number of aromatic nitrogens is 1. The van der Waals surface area contributed by atoms with Crippen molar-refractivity contribution in [2.75, 3.05) is 11.9 Å². The summed E-state index contributed by atoms with van der Waals surface area (Å²) in [7, 11) is 0. The second kappa shape index (κ2) is 5.58. The lowest BCUT2D eigenvalue weighted by Gasteiger charge is -2.06. The van der Waals surface area contributed by atoms with Crippen LogP contribution in [-0.2, 0) is 0 Å². The van der Waals surface area contributed by atoms with Crippen LogP contribution >= 0.6 is 0 Å². The predicted octanol–water partition coefficient (Wildman–Crippen LogP) is 3.07. The lowest BCUT2D eigenvalue weighted by atomic mass is 10.1. The molecule has 0 radical (unpaired) electrons. The fourth-order valence-electron chi connectivity index (χ4n) is 1.23. The molecule has 0 aliphatic heterocycles. The molecule has 0 bridgehead atoms. The molecule has 0 fully saturated rings. The molecular formula is C11H17FN2. The highest BCUT2D eigenvalue weighted by Gasteiger charge is 1.96. The molecule has 0 aliphatic rings. The van der Waals surface area contributed by atoms with E-state index in [1.807, 2.05) is 0 Å². The Morgan fingerprint density at radius 1 is 1.43 bits per heavy atom. The number of hydrogen-bond acceptors (Lipinski definition) is 2. The fourth-order valence-corrected chi connectivity index (χ4v) is 1.23. The Labute approximate surface area is 84.6 Å². The summed E-state index contributed by atoms with van der Waals surface area (Å²) >= 11 is 0. The van der Waals surface area contributed by atoms with Gasteiger partial charge in [0.2, 0.25) is 5.95 Å². The Bertz CT molecular complexity index is 274. The molecule has 0 saturated heterocycles. The number of nitrogens with zero attached hydrogens (tertiary/aromatic N) is 1. The Kier molecular flexibility index (Phi) is 4.36. The molecule has 0 unspecified atom stereocenters. The van der Waals surface area contributed by atoms with Crippen molar-refractivity contribution in [3.63, 3.8) is 0 Å². The molecule has 0 aliphatic carbocycles. The van der Waals surface area contributed by atoms with Gasteiger partial charge in [0, 0.05) is 6.54 Å². The minimum Gasteiger partial charge on any atom is -0.370 e. The number of rotatable bonds is 5. The molecule has 0 saturated carbocycles. The van der Waals surface area contributed by atoms with Crippen LogP contribution in [0.1, 0.15) is 26.7 Å². The summed E-state index contributed by atoms with van der Waals surface area (Å²) < 4.78 is 12.7. The van der Waals surface area contributed by atoms with Crippen molar-refractivity contribution >= 4 is 5.82 Å². The zero-order valence-corrected chi connectivity index (χ0v) is 8.76. The van der Waals surface area contributed by atoms with Crippen molar-refractivity contribution in [1.29, 1.82) is 0 Å². The van der Waals surface area contributed by atoms with Gasteiger partial charge in [-0.3, -0.25) is 0 Å². The third-order valence-corrected chi connectivity index (χ3v) is 1.98. The minimum absolute atomic E-state index is 0.432. The van der Waals surface area contributed by atoms with Crippen LogP contribution in [0.5, 0.6) is 0 Å². The number of halogens is 1. The van der Waals surface area contributed by atoms with Crippen LogP contribution in [0.2, 0.25) is 0 Å². The van der Waals surface area contributed by atoms with Crippen LogP contribution in [0.25, 0.3) is 0 Å². The molecule has 78 valence electrons. The van der Waals surface area contributed by atoms with E-state index in [1.54, 1.807) is 12.1 Å². The first-order valence-electron chi connectivity index (χ1n) is 5.05. The van der Waals surface area contributed by atoms with Crippen molar-refractivity contribution in [3.8, 4) is 0 Å². The molecule has 0 spiro atoms. The summed E-state index contributed by atoms with van der Waals surface area (Å²) in [5.41, 5.74) is 0. The van der Waals surface area contributed by atoms with Crippen LogP contribution in [0, 0.1) is 11.9 Å². The van der Waals surface area contributed by atoms with Crippen molar-refractivity contribution in [1.82, 2.24) is 4.98 Å². The summed E-state index contributed by atoms with van der Waals surface area (Å²) in [6, 6.07) is 4.78. The van der Waals surface area contributed by atoms with Gasteiger partial charge in [0.05, 0.1) is 0 Å². The van der Waals surface area contributed by atoms with Crippen LogP contribution in [-0.4, -0.2) is 11.5 Å². The normalized spacial score (nSPS) is 10.6. The first-order chi connectivity index (χ1) is 6.68. The highest BCUT2D eigenvalue weighted by atomic mass is 19.1. The lowest BCUT2D eigenvalue weighted by Crippen LogP contribution is -2.04. The summed E-state index contributed by atoms with van der Waals surface area (Å²) in [5, 5.41) is 3.09. The molecule has 1 heterocycles. The van der Waals surface area contributed by atoms with Gasteiger partial charge in [-0.05, 0) is 30.9 Å². The van der Waals surface area contributed by atoms with Gasteiger partial charge in [-0.15, -0.1) is 0 Å². The number of hydrogen-bond donors (Lipinski definition) is 1. The van der Waals surface area contributed by atoms with Gasteiger partial charge in [-0.1, -0.05) is 19.9 Å². The highest BCUT2D eigenvalue weighted by molar-refractivity contribution is 5.33. The zero-order valence-electron chi connectivity index (χ0n) is 8.76. The van der Waals surface area contributed by atoms with E-state index in [-0.39, 0.29) is 0 Å². The van der Waals surface area contributed by atoms with Gasteiger partial charge in [0.15, 0.2) is 0 Å². The Morgan fingerprint density at radius 2 is 2.21 bits per heavy atom. The fraction of sp³-hybridized carbons (Fsp3) is 0.545. The van der Waals surface area contributed by atoms with Gasteiger partial charge in [0.25, 0.3) is 0 Å². The monoisotopic (exact) mass is 196 g/mol. The van der Waals surface area contributed by atoms with Crippen LogP contribution < -0.4 is 5.32 Å². The quantitative estimate of drug-likeness (QED) is 0.578. The van der Waals surface area contributed by atoms with Gasteiger partial charge >= 0.3 is 0 Å². The summed E-state index contributed by atoms with van der Waals surface area (Å²) in [6.45, 7) is 5.25. The Balaban J connectivity index is 2.25. The first-order valence-corrected chi connectivity index (χ1v) is 5.05. The molecule has 3 heteroatoms. The molecule has 1 aromatic heterocycles. The molecule has 0 atom stereocenters. The number of nitrogens with one attached hydrogen (secondary N) is 1. The maximum atomic E-state index is 12.7. The number of pyridine rings is 1. The van der Waals surface area contributed by atoms with E-state index in [2.05, 4.69) is 24.1 Å². The molecule has 1 rings (SSSR count). The molecule has 2 nitrogen and oxygen atoms in total. The second-order valence-electron chi connectivity index (χ2n) is 3.81. The van der Waals surface area contributed by atoms with Crippen molar-refractivity contribution in [3.05, 3.63) is 24.1 Å². The largest absolute Gasteiger partial charge is 0.370 e. The average Bonchev–Trinajstić information content (AvgIpc) is 2.12. The summed E-state index contributed by atoms with van der Waals surface area (Å²) in [4.78, 5) is 3.71. The van der Waals surface area contributed by atoms with Crippen LogP contribution in [0.4, 0.5) is 10.2 Å². The average molecular weight is 196 g/mol. The van der Waals surface area contributed by atoms with Crippen molar-refractivity contribution < 1.29 is 4.39 Å². The maximum absolute atomic E-state index is 12.7. The molecule has 0 amide bonds. The highest BCUT2D eigenvalue weighted by Crippen LogP contribution is 2.06. The van der Waals surface area contributed by atoms with E-state index in [0.717, 1.165) is 18.9 Å². The maximum Gasteiger partial charge on any atom is 0.214 e. The molecule has 0 aromatic carbocycles. The van der Waals surface area contributed by atoms with Gasteiger partial charge in [-0.25, -0.2) is 4.98 Å². The van der Waals surface area contributed by atoms with Crippen molar-refractivity contribution in [2.45, 2.75) is 26.7 Å². The molecule has 14 heavy (non-hydrogen) atoms. The first kappa shape index (κ1) is 11.0. The lowest BCUT2D eigenvalue weighted by molar-refractivity contribution is 0.564. The molecular weight excluding hydrogens is 179 g/mol. The SMILES string of the molecule is CC(C)CCCNc1cccc(F)n1. The van der Waals surface area contributed by atoms with E-state index in [0.29, 0.717) is 5.82 Å². The van der Waals surface area contributed by atoms with Crippen LogP contribution in [0.15, 0.2) is 18.2 Å². The third-order valence-electron chi connectivity index (χ3n) is 1.98. The summed E-state index contributed by atoms with van der Waals surface area (Å²) in [5.74, 6) is 0.907. The minimum atomic E-state index is -0.432. The van der Waals surface area contributed by atoms with E-state index in [4.69, 9.17) is 0 Å². The molecule has 1 N–H and O–H groups in total. The summed E-state index contributed by atoms with van der Waals surface area (Å²) in [6.07, 6.45) is 2.28. The van der Waals surface area contributed by atoms with E-state index in [9.17, 15) is 4.39 Å². The molecule has 1 aromatic rings. The van der Waals surface area contributed by atoms with Gasteiger partial charge < -0.3 is 5.32 Å². The smallest absolute Gasteiger partial charge is 0.214 e. The van der Waals surface area contributed by atoms with Crippen LogP contribution in [0.3, 0.4) is 0 Å². The van der Waals surface area contributed by atoms with Gasteiger partial charge in [0.1, 0.15) is 5.82 Å². The Hall–Kier alpha value is -1.12. The van der Waals surface area contributed by atoms with Gasteiger partial charge in [-0.2, -0.15) is 4.39 Å². The zero-order chi connectivity index (χ0) is 10.4. The Morgan fingerprint density at radius 3 is 2.86 bits per heavy atom. The van der Waals surface area contributed by atoms with E-state index < -0.39 is 5.95 Å².